The van der Waals surface area contributed by atoms with Crippen molar-refractivity contribution in [2.45, 2.75) is 51.0 Å². The summed E-state index contributed by atoms with van der Waals surface area (Å²) in [4.78, 5) is 23.4. The quantitative estimate of drug-likeness (QED) is 0.816. The van der Waals surface area contributed by atoms with Gasteiger partial charge in [-0.15, -0.1) is 0 Å². The molecule has 1 atom stereocenters. The van der Waals surface area contributed by atoms with E-state index in [-0.39, 0.29) is 5.91 Å². The lowest BCUT2D eigenvalue weighted by atomic mass is 9.83. The standard InChI is InChI=1S/C21H25N3O2/c25-21(24-13-5-10-19(24)16-6-2-1-3-7-16)17-8-4-9-18(14-17)26-20-15-22-11-12-23-20/h4,8-9,11-12,14-16,19H,1-3,5-7,10,13H2/t19-/m1/s1. The number of hydrogen-bond donors (Lipinski definition) is 0. The van der Waals surface area contributed by atoms with E-state index in [0.717, 1.165) is 19.4 Å². The van der Waals surface area contributed by atoms with Crippen LogP contribution in [0.2, 0.25) is 0 Å². The maximum atomic E-state index is 13.1. The van der Waals surface area contributed by atoms with Crippen LogP contribution in [-0.2, 0) is 0 Å². The Balaban J connectivity index is 1.49. The number of hydrogen-bond acceptors (Lipinski definition) is 4. The summed E-state index contributed by atoms with van der Waals surface area (Å²) in [5, 5.41) is 0. The smallest absolute Gasteiger partial charge is 0.254 e. The van der Waals surface area contributed by atoms with E-state index < -0.39 is 0 Å². The minimum absolute atomic E-state index is 0.127. The summed E-state index contributed by atoms with van der Waals surface area (Å²) in [7, 11) is 0. The van der Waals surface area contributed by atoms with Crippen LogP contribution in [0, 0.1) is 5.92 Å². The normalized spacial score (nSPS) is 20.9. The number of nitrogens with zero attached hydrogens (tertiary/aromatic N) is 3. The fourth-order valence-corrected chi connectivity index (χ4v) is 4.37. The second-order valence-electron chi connectivity index (χ2n) is 7.28. The van der Waals surface area contributed by atoms with E-state index in [2.05, 4.69) is 14.9 Å². The Labute approximate surface area is 154 Å². The Hall–Kier alpha value is -2.43. The molecule has 1 aliphatic heterocycles. The minimum Gasteiger partial charge on any atom is -0.437 e. The van der Waals surface area contributed by atoms with E-state index in [1.54, 1.807) is 18.6 Å². The number of rotatable bonds is 4. The van der Waals surface area contributed by atoms with Gasteiger partial charge in [-0.1, -0.05) is 25.3 Å². The van der Waals surface area contributed by atoms with Gasteiger partial charge in [0, 0.05) is 30.5 Å². The molecule has 2 aromatic rings. The highest BCUT2D eigenvalue weighted by atomic mass is 16.5. The fourth-order valence-electron chi connectivity index (χ4n) is 4.37. The molecule has 1 amide bonds. The molecule has 136 valence electrons. The highest BCUT2D eigenvalue weighted by molar-refractivity contribution is 5.95. The molecule has 1 aliphatic carbocycles. The molecule has 5 nitrogen and oxygen atoms in total. The number of likely N-dealkylation sites (tertiary alicyclic amines) is 1. The second-order valence-corrected chi connectivity index (χ2v) is 7.28. The van der Waals surface area contributed by atoms with Crippen molar-refractivity contribution < 1.29 is 9.53 Å². The molecule has 2 heterocycles. The molecule has 0 bridgehead atoms. The Morgan fingerprint density at radius 3 is 2.77 bits per heavy atom. The molecule has 0 unspecified atom stereocenters. The van der Waals surface area contributed by atoms with E-state index in [4.69, 9.17) is 4.74 Å². The van der Waals surface area contributed by atoms with Crippen molar-refractivity contribution in [3.63, 3.8) is 0 Å². The van der Waals surface area contributed by atoms with Gasteiger partial charge >= 0.3 is 0 Å². The summed E-state index contributed by atoms with van der Waals surface area (Å²) in [6, 6.07) is 7.81. The predicted molar refractivity (Wildman–Crippen MR) is 99.2 cm³/mol. The molecule has 1 aromatic carbocycles. The van der Waals surface area contributed by atoms with E-state index in [9.17, 15) is 4.79 Å². The van der Waals surface area contributed by atoms with Crippen LogP contribution < -0.4 is 4.74 Å². The van der Waals surface area contributed by atoms with Crippen molar-refractivity contribution in [3.8, 4) is 11.6 Å². The summed E-state index contributed by atoms with van der Waals surface area (Å²) in [6.07, 6.45) is 13.5. The summed E-state index contributed by atoms with van der Waals surface area (Å²) >= 11 is 0. The maximum Gasteiger partial charge on any atom is 0.254 e. The van der Waals surface area contributed by atoms with Gasteiger partial charge in [-0.25, -0.2) is 4.98 Å². The highest BCUT2D eigenvalue weighted by Crippen LogP contribution is 2.35. The average molecular weight is 351 g/mol. The molecule has 0 radical (unpaired) electrons. The molecule has 2 fully saturated rings. The maximum absolute atomic E-state index is 13.1. The van der Waals surface area contributed by atoms with Gasteiger partial charge < -0.3 is 9.64 Å². The van der Waals surface area contributed by atoms with E-state index >= 15 is 0 Å². The van der Waals surface area contributed by atoms with Gasteiger partial charge in [-0.05, 0) is 49.8 Å². The molecule has 0 N–H and O–H groups in total. The van der Waals surface area contributed by atoms with Crippen molar-refractivity contribution in [2.24, 2.45) is 5.92 Å². The summed E-state index contributed by atoms with van der Waals surface area (Å²) in [6.45, 7) is 0.870. The predicted octanol–water partition coefficient (Wildman–Crippen LogP) is 4.45. The molecule has 5 heteroatoms. The van der Waals surface area contributed by atoms with Crippen LogP contribution in [0.1, 0.15) is 55.3 Å². The van der Waals surface area contributed by atoms with Gasteiger partial charge in [0.2, 0.25) is 5.88 Å². The minimum atomic E-state index is 0.127. The van der Waals surface area contributed by atoms with Gasteiger partial charge in [0.05, 0.1) is 6.20 Å². The molecular formula is C21H25N3O2. The molecule has 1 saturated carbocycles. The molecule has 2 aliphatic rings. The second kappa shape index (κ2) is 7.85. The highest BCUT2D eigenvalue weighted by Gasteiger charge is 2.35. The Kier molecular flexibility index (Phi) is 5.14. The zero-order valence-electron chi connectivity index (χ0n) is 15.0. The van der Waals surface area contributed by atoms with Crippen LogP contribution in [0.4, 0.5) is 0 Å². The van der Waals surface area contributed by atoms with Crippen molar-refractivity contribution in [2.75, 3.05) is 6.54 Å². The monoisotopic (exact) mass is 351 g/mol. The number of carbonyl (C=O) groups is 1. The zero-order valence-corrected chi connectivity index (χ0v) is 15.0. The molecule has 26 heavy (non-hydrogen) atoms. The Morgan fingerprint density at radius 2 is 1.96 bits per heavy atom. The number of aromatic nitrogens is 2. The molecule has 0 spiro atoms. The first-order valence-corrected chi connectivity index (χ1v) is 9.66. The largest absolute Gasteiger partial charge is 0.437 e. The first-order valence-electron chi connectivity index (χ1n) is 9.66. The molecular weight excluding hydrogens is 326 g/mol. The van der Waals surface area contributed by atoms with Crippen LogP contribution in [0.25, 0.3) is 0 Å². The van der Waals surface area contributed by atoms with Gasteiger partial charge in [0.15, 0.2) is 0 Å². The van der Waals surface area contributed by atoms with Crippen LogP contribution in [-0.4, -0.2) is 33.4 Å². The van der Waals surface area contributed by atoms with Gasteiger partial charge in [0.25, 0.3) is 5.91 Å². The third-order valence-electron chi connectivity index (χ3n) is 5.60. The van der Waals surface area contributed by atoms with Crippen LogP contribution >= 0.6 is 0 Å². The van der Waals surface area contributed by atoms with Crippen molar-refractivity contribution in [3.05, 3.63) is 48.4 Å². The number of ether oxygens (including phenoxy) is 1. The average Bonchev–Trinajstić information content (AvgIpc) is 3.19. The van der Waals surface area contributed by atoms with E-state index in [1.807, 2.05) is 24.3 Å². The Bertz CT molecular complexity index is 744. The lowest BCUT2D eigenvalue weighted by molar-refractivity contribution is 0.0661. The van der Waals surface area contributed by atoms with Crippen LogP contribution in [0.15, 0.2) is 42.9 Å². The SMILES string of the molecule is O=C(c1cccc(Oc2cnccn2)c1)N1CCC[C@@H]1C1CCCCC1. The third-order valence-corrected chi connectivity index (χ3v) is 5.60. The summed E-state index contributed by atoms with van der Waals surface area (Å²) in [5.41, 5.74) is 0.689. The van der Waals surface area contributed by atoms with Crippen LogP contribution in [0.5, 0.6) is 11.6 Å². The van der Waals surface area contributed by atoms with Crippen molar-refractivity contribution >= 4 is 5.91 Å². The topological polar surface area (TPSA) is 55.3 Å². The first kappa shape index (κ1) is 17.0. The number of amides is 1. The first-order chi connectivity index (χ1) is 12.8. The van der Waals surface area contributed by atoms with Crippen molar-refractivity contribution in [1.29, 1.82) is 0 Å². The fraction of sp³-hybridized carbons (Fsp3) is 0.476. The molecule has 1 saturated heterocycles. The third kappa shape index (κ3) is 3.71. The lowest BCUT2D eigenvalue weighted by Crippen LogP contribution is -2.40. The van der Waals surface area contributed by atoms with Crippen molar-refractivity contribution in [1.82, 2.24) is 14.9 Å². The zero-order chi connectivity index (χ0) is 17.8. The lowest BCUT2D eigenvalue weighted by Gasteiger charge is -2.34. The van der Waals surface area contributed by atoms with E-state index in [1.165, 1.54) is 32.1 Å². The number of benzene rings is 1. The molecule has 1 aromatic heterocycles. The van der Waals surface area contributed by atoms with Gasteiger partial charge in [-0.3, -0.25) is 9.78 Å². The summed E-state index contributed by atoms with van der Waals surface area (Å²) in [5.74, 6) is 1.85. The van der Waals surface area contributed by atoms with Crippen LogP contribution in [0.3, 0.4) is 0 Å². The van der Waals surface area contributed by atoms with E-state index in [0.29, 0.717) is 29.2 Å². The number of carbonyl (C=O) groups excluding carboxylic acids is 1. The van der Waals surface area contributed by atoms with Gasteiger partial charge in [-0.2, -0.15) is 0 Å². The molecule has 4 rings (SSSR count). The van der Waals surface area contributed by atoms with Gasteiger partial charge in [0.1, 0.15) is 5.75 Å². The Morgan fingerprint density at radius 1 is 1.08 bits per heavy atom. The summed E-state index contributed by atoms with van der Waals surface area (Å²) < 4.78 is 5.73.